The molecule has 2 unspecified atom stereocenters. The molecule has 11 rings (SSSR count). The molecule has 5 aliphatic rings. The van der Waals surface area contributed by atoms with Gasteiger partial charge < -0.3 is 54.9 Å². The monoisotopic (exact) mass is 1530 g/mol. The number of hydrogen-bond donors (Lipinski definition) is 6. The molecule has 107 heavy (non-hydrogen) atoms. The molecule has 3 aliphatic heterocycles. The fraction of sp³-hybridized carbons (Fsp3) is 0.481. The van der Waals surface area contributed by atoms with Gasteiger partial charge in [0.2, 0.25) is 11.8 Å². The number of ether oxygens (including phenoxy) is 5. The van der Waals surface area contributed by atoms with E-state index in [0.717, 1.165) is 36.8 Å². The number of aromatic nitrogens is 2. The Morgan fingerprint density at radius 3 is 1.36 bits per heavy atom. The number of carboxylic acids is 1. The van der Waals surface area contributed by atoms with Crippen LogP contribution in [0.3, 0.4) is 0 Å². The largest absolute Gasteiger partial charge is 1.00 e. The fourth-order valence-electron chi connectivity index (χ4n) is 12.4. The molecule has 3 saturated heterocycles. The van der Waals surface area contributed by atoms with Gasteiger partial charge in [-0.3, -0.25) is 34.2 Å². The van der Waals surface area contributed by atoms with E-state index in [9.17, 15) is 36.8 Å². The Balaban J connectivity index is 0.000000261. The van der Waals surface area contributed by atoms with Crippen molar-refractivity contribution >= 4 is 69.8 Å². The Bertz CT molecular complexity index is 3940. The van der Waals surface area contributed by atoms with Gasteiger partial charge in [0.1, 0.15) is 36.9 Å². The zero-order valence-electron chi connectivity index (χ0n) is 62.3. The number of aliphatic carboxylic acids is 1. The van der Waals surface area contributed by atoms with Crippen LogP contribution in [-0.4, -0.2) is 157 Å². The molecule has 4 amide bonds. The van der Waals surface area contributed by atoms with Gasteiger partial charge in [-0.15, -0.1) is 0 Å². The minimum atomic E-state index is -1.50. The molecule has 2 aromatic heterocycles. The van der Waals surface area contributed by atoms with Crippen LogP contribution in [0.2, 0.25) is 0 Å². The van der Waals surface area contributed by atoms with Gasteiger partial charge in [-0.2, -0.15) is 0 Å². The van der Waals surface area contributed by atoms with Crippen molar-refractivity contribution in [2.24, 2.45) is 11.8 Å². The molecule has 5 heterocycles. The first kappa shape index (κ1) is 86.7. The predicted octanol–water partition coefficient (Wildman–Crippen LogP) is 7.27. The zero-order chi connectivity index (χ0) is 76.8. The van der Waals surface area contributed by atoms with Crippen LogP contribution in [0.5, 0.6) is 0 Å². The summed E-state index contributed by atoms with van der Waals surface area (Å²) in [5.74, 6) is -1.87. The normalized spacial score (nSPS) is 20.6. The minimum absolute atomic E-state index is 0. The Labute approximate surface area is 653 Å². The fourth-order valence-corrected chi connectivity index (χ4v) is 14.3. The Hall–Kier alpha value is -7.52. The number of carbonyl (C=O) groups is 6. The first-order chi connectivity index (χ1) is 50.6. The van der Waals surface area contributed by atoms with Crippen molar-refractivity contribution < 1.29 is 116 Å². The number of halogens is 2. The minimum Gasteiger partial charge on any atom is -0.662 e. The summed E-state index contributed by atoms with van der Waals surface area (Å²) in [5.41, 5.74) is 2.50. The van der Waals surface area contributed by atoms with E-state index in [4.69, 9.17) is 38.8 Å². The average molecular weight is 1530 g/mol. The van der Waals surface area contributed by atoms with Crippen LogP contribution >= 0.6 is 0 Å². The number of likely N-dealkylation sites (tertiary alicyclic amines) is 2. The van der Waals surface area contributed by atoms with Crippen LogP contribution in [-0.2, 0) is 94.0 Å². The Morgan fingerprint density at radius 2 is 1.00 bits per heavy atom. The maximum absolute atomic E-state index is 15.4. The summed E-state index contributed by atoms with van der Waals surface area (Å²) in [6, 6.07) is 36.7. The van der Waals surface area contributed by atoms with Crippen LogP contribution in [0.4, 0.5) is 29.7 Å². The summed E-state index contributed by atoms with van der Waals surface area (Å²) < 4.78 is 89.8. The van der Waals surface area contributed by atoms with Crippen LogP contribution in [0, 0.1) is 23.5 Å². The average Bonchev–Trinajstić information content (AvgIpc) is 1.12. The van der Waals surface area contributed by atoms with E-state index in [1.807, 2.05) is 139 Å². The molecule has 0 radical (unpaired) electrons. The summed E-state index contributed by atoms with van der Waals surface area (Å²) in [7, 11) is 1.71. The van der Waals surface area contributed by atoms with Gasteiger partial charge in [-0.05, 0) is 156 Å². The maximum atomic E-state index is 15.4. The molecule has 2 saturated carbocycles. The van der Waals surface area contributed by atoms with E-state index in [2.05, 4.69) is 40.3 Å². The van der Waals surface area contributed by atoms with Gasteiger partial charge in [-0.25, -0.2) is 41.0 Å². The van der Waals surface area contributed by atoms with Crippen LogP contribution in [0.25, 0.3) is 0 Å². The number of carboxylic acid groups (broad SMARTS) is 1. The topological polar surface area (TPSA) is 328 Å². The molecule has 2 aliphatic carbocycles. The number of anilines is 2. The van der Waals surface area contributed by atoms with Crippen molar-refractivity contribution in [1.29, 1.82) is 0 Å². The molecule has 6 aromatic rings. The van der Waals surface area contributed by atoms with E-state index in [1.54, 1.807) is 43.8 Å². The van der Waals surface area contributed by atoms with Gasteiger partial charge in [0.25, 0.3) is 6.47 Å². The predicted molar refractivity (Wildman–Crippen MR) is 395 cm³/mol. The van der Waals surface area contributed by atoms with Crippen molar-refractivity contribution in [3.8, 4) is 0 Å². The van der Waals surface area contributed by atoms with E-state index in [-0.39, 0.29) is 112 Å². The van der Waals surface area contributed by atoms with Crippen LogP contribution in [0.1, 0.15) is 147 Å². The first-order valence-corrected chi connectivity index (χ1v) is 37.6. The summed E-state index contributed by atoms with van der Waals surface area (Å²) in [6.45, 7) is 12.4. The third-order valence-corrected chi connectivity index (χ3v) is 22.3. The standard InChI is InChI=1S/C35H43FN4O5S.C27H37FN4O3S.C14H17NO5.CH2O3.Na.H2/c1-34(2,3)46(43)39-35(18-17-24-13-14-24,31-12-8-9-19-37-31)26-15-16-28(36)29(20-26)38-32(41)30-21-27(44-4)22-40(30)33(42)45-23-25-10-6-5-7-11-25;1-26(2,3)36(34)32-27(13-12-18-8-9-18,24-7-5-6-14-29-24)19-10-11-21(28)22(15-19)31-25(33)23-16-20(35-4)17-30-23;1-19-11-7-12(13(16)17)15(8-11)14(18)20-9-10-5-3-2-4-6-10;2-1-4-3;;/h5-12,15-16,19-20,24,27,30,39H,13-14,17-18,21-23H2,1-4H3,(H,38,41);5-7,10-11,14-15,18,20,23,30,32H,8-9,12-13,16-17H2,1-4H3,(H,31,33);2-6,11-12H,7-9H2,1H3,(H,16,17);1,3H;;1H/q;;;;+1;/p-1/t27-,30-,35?,46+;20-,23-,27?,36+;11-,12-;;;/m111.../s1. The molecule has 0 bridgehead atoms. The number of amides is 4. The Kier molecular flexibility index (Phi) is 33.1. The van der Waals surface area contributed by atoms with Crippen molar-refractivity contribution in [2.75, 3.05) is 51.6 Å². The Morgan fingerprint density at radius 1 is 0.598 bits per heavy atom. The SMILES string of the molecule is CO[C@@H]1C[C@H](C(=O)Nc2cc(C(CCC3CC3)(N[S@@](=O)C(C)(C)C)c3ccccn3)ccc2F)N(C(=O)OCc2ccccc2)C1.CO[C@@H]1C[C@H](C(=O)O)N(C(=O)OCc2ccccc2)C1.CO[C@H]1CN[C@@H](C(=O)Nc2cc(C(CCC3CC3)(N[S@@](=O)C(C)(C)C)c3ccccn3)ccc2F)C1.O=CO[O-].[HH].[Na+]. The second-order valence-electron chi connectivity index (χ2n) is 28.7. The molecule has 30 heteroatoms. The van der Waals surface area contributed by atoms with E-state index in [0.29, 0.717) is 60.2 Å². The van der Waals surface area contributed by atoms with E-state index in [1.165, 1.54) is 49.0 Å². The van der Waals surface area contributed by atoms with Crippen molar-refractivity contribution in [1.82, 2.24) is 34.5 Å². The number of benzene rings is 4. The van der Waals surface area contributed by atoms with Gasteiger partial charge in [-0.1, -0.05) is 111 Å². The summed E-state index contributed by atoms with van der Waals surface area (Å²) in [6.07, 6.45) is 10.1. The number of methoxy groups -OCH3 is 3. The zero-order valence-corrected chi connectivity index (χ0v) is 65.9. The maximum Gasteiger partial charge on any atom is 1.00 e. The third-order valence-electron chi connectivity index (χ3n) is 19.0. The number of pyridine rings is 2. The summed E-state index contributed by atoms with van der Waals surface area (Å²) in [4.78, 5) is 86.0. The van der Waals surface area contributed by atoms with Crippen LogP contribution in [0.15, 0.2) is 146 Å². The number of rotatable bonds is 27. The second-order valence-corrected chi connectivity index (χ2v) is 32.7. The van der Waals surface area contributed by atoms with E-state index < -0.39 is 96.4 Å². The molecule has 4 aromatic carbocycles. The van der Waals surface area contributed by atoms with Crippen molar-refractivity contribution in [2.45, 2.75) is 182 Å². The molecular weight excluding hydrogens is 1430 g/mol. The number of nitrogens with one attached hydrogen (secondary N) is 5. The summed E-state index contributed by atoms with van der Waals surface area (Å²) in [5, 5.41) is 26.2. The van der Waals surface area contributed by atoms with Gasteiger partial charge in [0, 0.05) is 54.5 Å². The molecule has 0 spiro atoms. The quantitative estimate of drug-likeness (QED) is 0.0128. The van der Waals surface area contributed by atoms with Crippen molar-refractivity contribution in [3.63, 3.8) is 0 Å². The van der Waals surface area contributed by atoms with Crippen molar-refractivity contribution in [3.05, 3.63) is 191 Å². The molecule has 5 fully saturated rings. The van der Waals surface area contributed by atoms with Gasteiger partial charge >= 0.3 is 47.7 Å². The van der Waals surface area contributed by atoms with Crippen LogP contribution < -0.4 is 60.2 Å². The molecule has 576 valence electrons. The smallest absolute Gasteiger partial charge is 0.662 e. The van der Waals surface area contributed by atoms with Gasteiger partial charge in [0.05, 0.1) is 103 Å². The summed E-state index contributed by atoms with van der Waals surface area (Å²) >= 11 is 0. The number of carbonyl (C=O) groups excluding carboxylic acids is 5. The molecule has 6 N–H and O–H groups in total. The van der Waals surface area contributed by atoms with Gasteiger partial charge in [0.15, 0.2) is 0 Å². The third kappa shape index (κ3) is 24.7. The second kappa shape index (κ2) is 40.8. The number of nitrogens with zero attached hydrogens (tertiary/aromatic N) is 4. The first-order valence-electron chi connectivity index (χ1n) is 35.3. The molecule has 25 nitrogen and oxygen atoms in total. The molecular formula is C77H100F2N9NaO16S2. The number of hydrogen-bond acceptors (Lipinski definition) is 18. The van der Waals surface area contributed by atoms with E-state index >= 15 is 4.39 Å². The molecule has 10 atom stereocenters.